The summed E-state index contributed by atoms with van der Waals surface area (Å²) in [6, 6.07) is 3.18. The van der Waals surface area contributed by atoms with Crippen molar-refractivity contribution in [3.05, 3.63) is 29.1 Å². The summed E-state index contributed by atoms with van der Waals surface area (Å²) in [6.45, 7) is 3.79. The molecule has 2 N–H and O–H groups in total. The van der Waals surface area contributed by atoms with Gasteiger partial charge in [0, 0.05) is 18.8 Å². The molecular weight excluding hydrogens is 255 g/mol. The highest BCUT2D eigenvalue weighted by Gasteiger charge is 2.29. The number of amides is 1. The van der Waals surface area contributed by atoms with Crippen LogP contribution in [0.4, 0.5) is 10.1 Å². The molecule has 0 saturated heterocycles. The zero-order chi connectivity index (χ0) is 14.9. The molecule has 1 saturated carbocycles. The first-order valence-electron chi connectivity index (χ1n) is 7.24. The highest BCUT2D eigenvalue weighted by molar-refractivity contribution is 5.95. The average Bonchev–Trinajstić information content (AvgIpc) is 2.42. The van der Waals surface area contributed by atoms with Crippen molar-refractivity contribution in [2.75, 3.05) is 12.8 Å². The molecule has 0 spiro atoms. The van der Waals surface area contributed by atoms with Gasteiger partial charge in [-0.25, -0.2) is 4.39 Å². The summed E-state index contributed by atoms with van der Waals surface area (Å²) in [4.78, 5) is 14.2. The van der Waals surface area contributed by atoms with Crippen LogP contribution in [0.1, 0.15) is 48.5 Å². The standard InChI is InChI=1S/C16H23FN2O/c1-10-6-4-5-7-14(10)19(3)16(20)13-9-12(18)8-11(2)15(13)17/h8-10,14H,4-7,18H2,1-3H3. The van der Waals surface area contributed by atoms with Gasteiger partial charge in [0.05, 0.1) is 5.56 Å². The first-order chi connectivity index (χ1) is 9.41. The average molecular weight is 278 g/mol. The Labute approximate surface area is 120 Å². The van der Waals surface area contributed by atoms with Crippen LogP contribution in [0.25, 0.3) is 0 Å². The SMILES string of the molecule is Cc1cc(N)cc(C(=O)N(C)C2CCCCC2C)c1F. The third kappa shape index (κ3) is 2.79. The number of rotatable bonds is 2. The Morgan fingerprint density at radius 3 is 2.65 bits per heavy atom. The number of carbonyl (C=O) groups is 1. The quantitative estimate of drug-likeness (QED) is 0.843. The van der Waals surface area contributed by atoms with Gasteiger partial charge in [-0.3, -0.25) is 4.79 Å². The summed E-state index contributed by atoms with van der Waals surface area (Å²) in [5.74, 6) is -0.265. The lowest BCUT2D eigenvalue weighted by molar-refractivity contribution is 0.0624. The van der Waals surface area contributed by atoms with Gasteiger partial charge in [-0.1, -0.05) is 19.8 Å². The molecule has 1 aliphatic rings. The second-order valence-electron chi connectivity index (χ2n) is 5.94. The molecule has 110 valence electrons. The Balaban J connectivity index is 2.26. The van der Waals surface area contributed by atoms with Gasteiger partial charge in [-0.05, 0) is 43.4 Å². The van der Waals surface area contributed by atoms with Crippen molar-refractivity contribution in [3.8, 4) is 0 Å². The number of hydrogen-bond donors (Lipinski definition) is 1. The molecule has 1 aromatic rings. The van der Waals surface area contributed by atoms with E-state index in [4.69, 9.17) is 5.73 Å². The lowest BCUT2D eigenvalue weighted by atomic mass is 9.85. The van der Waals surface area contributed by atoms with E-state index >= 15 is 0 Å². The van der Waals surface area contributed by atoms with E-state index in [-0.39, 0.29) is 17.5 Å². The molecule has 1 aliphatic carbocycles. The predicted octanol–water partition coefficient (Wildman–Crippen LogP) is 3.37. The van der Waals surface area contributed by atoms with Crippen LogP contribution in [-0.4, -0.2) is 23.9 Å². The van der Waals surface area contributed by atoms with Gasteiger partial charge in [-0.15, -0.1) is 0 Å². The fraction of sp³-hybridized carbons (Fsp3) is 0.562. The summed E-state index contributed by atoms with van der Waals surface area (Å²) in [5.41, 5.74) is 6.66. The first-order valence-corrected chi connectivity index (χ1v) is 7.24. The Hall–Kier alpha value is -1.58. The molecule has 1 amide bonds. The smallest absolute Gasteiger partial charge is 0.256 e. The number of carbonyl (C=O) groups excluding carboxylic acids is 1. The van der Waals surface area contributed by atoms with Crippen LogP contribution >= 0.6 is 0 Å². The Kier molecular flexibility index (Phi) is 4.31. The van der Waals surface area contributed by atoms with Crippen LogP contribution in [-0.2, 0) is 0 Å². The molecule has 0 heterocycles. The minimum Gasteiger partial charge on any atom is -0.399 e. The van der Waals surface area contributed by atoms with Crippen molar-refractivity contribution in [2.45, 2.75) is 45.6 Å². The third-order valence-corrected chi connectivity index (χ3v) is 4.39. The molecule has 0 aromatic heterocycles. The van der Waals surface area contributed by atoms with Crippen LogP contribution in [0.5, 0.6) is 0 Å². The summed E-state index contributed by atoms with van der Waals surface area (Å²) >= 11 is 0. The molecular formula is C16H23FN2O. The van der Waals surface area contributed by atoms with E-state index in [1.54, 1.807) is 24.9 Å². The zero-order valence-electron chi connectivity index (χ0n) is 12.4. The molecule has 4 heteroatoms. The molecule has 2 atom stereocenters. The van der Waals surface area contributed by atoms with Gasteiger partial charge in [-0.2, -0.15) is 0 Å². The van der Waals surface area contributed by atoms with Crippen molar-refractivity contribution in [1.82, 2.24) is 4.90 Å². The maximum Gasteiger partial charge on any atom is 0.256 e. The molecule has 3 nitrogen and oxygen atoms in total. The fourth-order valence-electron chi connectivity index (χ4n) is 3.17. The highest BCUT2D eigenvalue weighted by atomic mass is 19.1. The molecule has 20 heavy (non-hydrogen) atoms. The van der Waals surface area contributed by atoms with Crippen LogP contribution in [0.2, 0.25) is 0 Å². The largest absolute Gasteiger partial charge is 0.399 e. The minimum atomic E-state index is -0.459. The molecule has 2 unspecified atom stereocenters. The van der Waals surface area contributed by atoms with Gasteiger partial charge >= 0.3 is 0 Å². The van der Waals surface area contributed by atoms with Gasteiger partial charge in [0.15, 0.2) is 0 Å². The third-order valence-electron chi connectivity index (χ3n) is 4.39. The Morgan fingerprint density at radius 2 is 2.00 bits per heavy atom. The second kappa shape index (κ2) is 5.81. The van der Waals surface area contributed by atoms with Gasteiger partial charge in [0.2, 0.25) is 0 Å². The summed E-state index contributed by atoms with van der Waals surface area (Å²) < 4.78 is 14.2. The summed E-state index contributed by atoms with van der Waals surface area (Å²) in [7, 11) is 1.77. The number of benzene rings is 1. The van der Waals surface area contributed by atoms with E-state index in [0.29, 0.717) is 17.2 Å². The number of nitrogens with two attached hydrogens (primary N) is 1. The van der Waals surface area contributed by atoms with Gasteiger partial charge < -0.3 is 10.6 Å². The van der Waals surface area contributed by atoms with E-state index in [1.807, 2.05) is 0 Å². The molecule has 2 rings (SSSR count). The molecule has 0 radical (unpaired) electrons. The predicted molar refractivity (Wildman–Crippen MR) is 79.1 cm³/mol. The number of hydrogen-bond acceptors (Lipinski definition) is 2. The van der Waals surface area contributed by atoms with E-state index in [9.17, 15) is 9.18 Å². The topological polar surface area (TPSA) is 46.3 Å². The summed E-state index contributed by atoms with van der Waals surface area (Å²) in [5, 5.41) is 0. The number of nitrogen functional groups attached to an aromatic ring is 1. The maximum atomic E-state index is 14.2. The van der Waals surface area contributed by atoms with Gasteiger partial charge in [0.25, 0.3) is 5.91 Å². The molecule has 0 aliphatic heterocycles. The minimum absolute atomic E-state index is 0.0859. The maximum absolute atomic E-state index is 14.2. The zero-order valence-corrected chi connectivity index (χ0v) is 12.4. The summed E-state index contributed by atoms with van der Waals surface area (Å²) in [6.07, 6.45) is 4.46. The molecule has 1 fully saturated rings. The van der Waals surface area contributed by atoms with Crippen molar-refractivity contribution < 1.29 is 9.18 Å². The number of halogens is 1. The second-order valence-corrected chi connectivity index (χ2v) is 5.94. The van der Waals surface area contributed by atoms with Crippen LogP contribution in [0.3, 0.4) is 0 Å². The lowest BCUT2D eigenvalue weighted by Crippen LogP contribution is -2.43. The normalized spacial score (nSPS) is 22.6. The lowest BCUT2D eigenvalue weighted by Gasteiger charge is -2.36. The van der Waals surface area contributed by atoms with E-state index in [2.05, 4.69) is 6.92 Å². The van der Waals surface area contributed by atoms with Crippen molar-refractivity contribution >= 4 is 11.6 Å². The van der Waals surface area contributed by atoms with Crippen LogP contribution in [0, 0.1) is 18.7 Å². The van der Waals surface area contributed by atoms with Crippen LogP contribution < -0.4 is 5.73 Å². The highest BCUT2D eigenvalue weighted by Crippen LogP contribution is 2.29. The molecule has 0 bridgehead atoms. The number of aryl methyl sites for hydroxylation is 1. The first kappa shape index (κ1) is 14.8. The number of anilines is 1. The molecule has 1 aromatic carbocycles. The monoisotopic (exact) mass is 278 g/mol. The van der Waals surface area contributed by atoms with Crippen molar-refractivity contribution in [3.63, 3.8) is 0 Å². The van der Waals surface area contributed by atoms with E-state index in [1.165, 1.54) is 12.5 Å². The van der Waals surface area contributed by atoms with E-state index in [0.717, 1.165) is 19.3 Å². The van der Waals surface area contributed by atoms with Gasteiger partial charge in [0.1, 0.15) is 5.82 Å². The van der Waals surface area contributed by atoms with Crippen LogP contribution in [0.15, 0.2) is 12.1 Å². The van der Waals surface area contributed by atoms with E-state index < -0.39 is 5.82 Å². The number of nitrogens with zero attached hydrogens (tertiary/aromatic N) is 1. The Bertz CT molecular complexity index is 515. The Morgan fingerprint density at radius 1 is 1.35 bits per heavy atom. The fourth-order valence-corrected chi connectivity index (χ4v) is 3.17. The van der Waals surface area contributed by atoms with Crippen molar-refractivity contribution in [2.24, 2.45) is 5.92 Å². The van der Waals surface area contributed by atoms with Crippen molar-refractivity contribution in [1.29, 1.82) is 0 Å².